The molecule has 1 aliphatic heterocycles. The third-order valence-corrected chi connectivity index (χ3v) is 4.69. The lowest BCUT2D eigenvalue weighted by Gasteiger charge is -2.38. The molecule has 0 saturated carbocycles. The quantitative estimate of drug-likeness (QED) is 0.846. The summed E-state index contributed by atoms with van der Waals surface area (Å²) in [6.07, 6.45) is 0. The van der Waals surface area contributed by atoms with Gasteiger partial charge in [0, 0.05) is 37.6 Å². The molecule has 1 saturated heterocycles. The van der Waals surface area contributed by atoms with Crippen LogP contribution in [0.3, 0.4) is 0 Å². The van der Waals surface area contributed by atoms with Crippen LogP contribution in [0.5, 0.6) is 0 Å². The predicted octanol–water partition coefficient (Wildman–Crippen LogP) is 3.82. The van der Waals surface area contributed by atoms with Gasteiger partial charge < -0.3 is 15.1 Å². The molecular formula is C19H23N3S. The Bertz CT molecular complexity index is 673. The van der Waals surface area contributed by atoms with Crippen LogP contribution in [0.25, 0.3) is 0 Å². The van der Waals surface area contributed by atoms with E-state index in [1.807, 2.05) is 0 Å². The van der Waals surface area contributed by atoms with Crippen LogP contribution in [0, 0.1) is 13.8 Å². The smallest absolute Gasteiger partial charge is 0.173 e. The van der Waals surface area contributed by atoms with Crippen LogP contribution < -0.4 is 10.2 Å². The van der Waals surface area contributed by atoms with Crippen LogP contribution in [0.1, 0.15) is 11.1 Å². The summed E-state index contributed by atoms with van der Waals surface area (Å²) in [5.41, 5.74) is 4.99. The average Bonchev–Trinajstić information content (AvgIpc) is 2.57. The van der Waals surface area contributed by atoms with Gasteiger partial charge in [-0.15, -0.1) is 0 Å². The first-order valence-corrected chi connectivity index (χ1v) is 8.47. The largest absolute Gasteiger partial charge is 0.368 e. The summed E-state index contributed by atoms with van der Waals surface area (Å²) in [6.45, 7) is 8.16. The molecule has 3 rings (SSSR count). The fourth-order valence-corrected chi connectivity index (χ4v) is 3.21. The Kier molecular flexibility index (Phi) is 4.82. The van der Waals surface area contributed by atoms with E-state index in [0.717, 1.165) is 37.0 Å². The number of thiocarbonyl (C=S) groups is 1. The molecule has 0 amide bonds. The summed E-state index contributed by atoms with van der Waals surface area (Å²) >= 11 is 5.57. The third kappa shape index (κ3) is 3.82. The molecule has 0 bridgehead atoms. The molecular weight excluding hydrogens is 302 g/mol. The number of nitrogens with zero attached hydrogens (tertiary/aromatic N) is 2. The lowest BCUT2D eigenvalue weighted by atomic mass is 10.1. The Balaban J connectivity index is 1.57. The van der Waals surface area contributed by atoms with E-state index in [-0.39, 0.29) is 0 Å². The van der Waals surface area contributed by atoms with Crippen molar-refractivity contribution >= 4 is 28.7 Å². The van der Waals surface area contributed by atoms with Crippen LogP contribution in [0.15, 0.2) is 48.5 Å². The van der Waals surface area contributed by atoms with Crippen LogP contribution in [0.4, 0.5) is 11.4 Å². The van der Waals surface area contributed by atoms with E-state index >= 15 is 0 Å². The van der Waals surface area contributed by atoms with Gasteiger partial charge in [0.1, 0.15) is 0 Å². The summed E-state index contributed by atoms with van der Waals surface area (Å²) in [5.74, 6) is 0. The van der Waals surface area contributed by atoms with Crippen LogP contribution >= 0.6 is 12.2 Å². The maximum atomic E-state index is 5.57. The van der Waals surface area contributed by atoms with Crippen molar-refractivity contribution in [3.05, 3.63) is 59.7 Å². The first-order chi connectivity index (χ1) is 11.1. The van der Waals surface area contributed by atoms with E-state index in [9.17, 15) is 0 Å². The Morgan fingerprint density at radius 1 is 0.913 bits per heavy atom. The molecule has 3 nitrogen and oxygen atoms in total. The molecule has 120 valence electrons. The zero-order valence-corrected chi connectivity index (χ0v) is 14.6. The average molecular weight is 325 g/mol. The molecule has 23 heavy (non-hydrogen) atoms. The summed E-state index contributed by atoms with van der Waals surface area (Å²) < 4.78 is 0. The molecule has 2 aromatic rings. The molecule has 0 aliphatic carbocycles. The predicted molar refractivity (Wildman–Crippen MR) is 102 cm³/mol. The minimum absolute atomic E-state index is 0.818. The summed E-state index contributed by atoms with van der Waals surface area (Å²) in [4.78, 5) is 4.70. The van der Waals surface area contributed by atoms with Gasteiger partial charge in [-0.25, -0.2) is 0 Å². The van der Waals surface area contributed by atoms with Crippen molar-refractivity contribution in [2.24, 2.45) is 0 Å². The van der Waals surface area contributed by atoms with Gasteiger partial charge >= 0.3 is 0 Å². The van der Waals surface area contributed by atoms with E-state index in [4.69, 9.17) is 12.2 Å². The number of piperazine rings is 1. The Morgan fingerprint density at radius 2 is 1.57 bits per heavy atom. The van der Waals surface area contributed by atoms with E-state index in [1.165, 1.54) is 16.8 Å². The third-order valence-electron chi connectivity index (χ3n) is 4.33. The van der Waals surface area contributed by atoms with Gasteiger partial charge in [-0.2, -0.15) is 0 Å². The van der Waals surface area contributed by atoms with Crippen molar-refractivity contribution < 1.29 is 0 Å². The van der Waals surface area contributed by atoms with E-state index < -0.39 is 0 Å². The molecule has 4 heteroatoms. The van der Waals surface area contributed by atoms with Crippen molar-refractivity contribution in [3.8, 4) is 0 Å². The van der Waals surface area contributed by atoms with Crippen molar-refractivity contribution in [1.82, 2.24) is 4.90 Å². The molecule has 1 N–H and O–H groups in total. The Morgan fingerprint density at radius 3 is 2.22 bits per heavy atom. The van der Waals surface area contributed by atoms with Gasteiger partial charge in [0.2, 0.25) is 0 Å². The lowest BCUT2D eigenvalue weighted by molar-refractivity contribution is 0.390. The second-order valence-corrected chi connectivity index (χ2v) is 6.44. The number of aryl methyl sites for hydroxylation is 2. The zero-order valence-electron chi connectivity index (χ0n) is 13.7. The SMILES string of the molecule is Cc1ccc(NC(=S)N2CCN(c3ccccc3C)CC2)cc1. The minimum atomic E-state index is 0.818. The number of nitrogens with one attached hydrogen (secondary N) is 1. The molecule has 0 unspecified atom stereocenters. The van der Waals surface area contributed by atoms with Crippen LogP contribution in [-0.2, 0) is 0 Å². The highest BCUT2D eigenvalue weighted by Crippen LogP contribution is 2.21. The first-order valence-electron chi connectivity index (χ1n) is 8.06. The van der Waals surface area contributed by atoms with Crippen molar-refractivity contribution in [3.63, 3.8) is 0 Å². The summed E-state index contributed by atoms with van der Waals surface area (Å²) in [7, 11) is 0. The zero-order chi connectivity index (χ0) is 16.2. The second kappa shape index (κ2) is 7.01. The maximum absolute atomic E-state index is 5.57. The molecule has 0 atom stereocenters. The molecule has 0 aromatic heterocycles. The normalized spacial score (nSPS) is 14.7. The van der Waals surface area contributed by atoms with E-state index in [2.05, 4.69) is 77.5 Å². The van der Waals surface area contributed by atoms with Gasteiger partial charge in [-0.1, -0.05) is 35.9 Å². The van der Waals surface area contributed by atoms with Crippen molar-refractivity contribution in [1.29, 1.82) is 0 Å². The molecule has 1 heterocycles. The first kappa shape index (κ1) is 15.8. The van der Waals surface area contributed by atoms with Gasteiger partial charge in [-0.05, 0) is 49.8 Å². The van der Waals surface area contributed by atoms with Gasteiger partial charge in [0.25, 0.3) is 0 Å². The fraction of sp³-hybridized carbons (Fsp3) is 0.316. The number of anilines is 2. The summed E-state index contributed by atoms with van der Waals surface area (Å²) in [5, 5.41) is 4.16. The van der Waals surface area contributed by atoms with E-state index in [0.29, 0.717) is 0 Å². The molecule has 1 aliphatic rings. The van der Waals surface area contributed by atoms with Crippen LogP contribution in [-0.4, -0.2) is 36.2 Å². The number of hydrogen-bond acceptors (Lipinski definition) is 2. The van der Waals surface area contributed by atoms with Gasteiger partial charge in [0.15, 0.2) is 5.11 Å². The molecule has 1 fully saturated rings. The fourth-order valence-electron chi connectivity index (χ4n) is 2.91. The van der Waals surface area contributed by atoms with Crippen LogP contribution in [0.2, 0.25) is 0 Å². The van der Waals surface area contributed by atoms with Crippen molar-refractivity contribution in [2.75, 3.05) is 36.4 Å². The monoisotopic (exact) mass is 325 g/mol. The minimum Gasteiger partial charge on any atom is -0.368 e. The number of hydrogen-bond donors (Lipinski definition) is 1. The summed E-state index contributed by atoms with van der Waals surface area (Å²) in [6, 6.07) is 16.9. The topological polar surface area (TPSA) is 18.5 Å². The Hall–Kier alpha value is -2.07. The standard InChI is InChI=1S/C19H23N3S/c1-15-7-9-17(10-8-15)20-19(23)22-13-11-21(12-14-22)18-6-4-3-5-16(18)2/h3-10H,11-14H2,1-2H3,(H,20,23). The lowest BCUT2D eigenvalue weighted by Crippen LogP contribution is -2.50. The van der Waals surface area contributed by atoms with Gasteiger partial charge in [-0.3, -0.25) is 0 Å². The van der Waals surface area contributed by atoms with Gasteiger partial charge in [0.05, 0.1) is 0 Å². The molecule has 2 aromatic carbocycles. The Labute approximate surface area is 143 Å². The highest BCUT2D eigenvalue weighted by atomic mass is 32.1. The maximum Gasteiger partial charge on any atom is 0.173 e. The highest BCUT2D eigenvalue weighted by molar-refractivity contribution is 7.80. The number of rotatable bonds is 2. The van der Waals surface area contributed by atoms with Crippen molar-refractivity contribution in [2.45, 2.75) is 13.8 Å². The molecule has 0 spiro atoms. The molecule has 0 radical (unpaired) electrons. The number of benzene rings is 2. The highest BCUT2D eigenvalue weighted by Gasteiger charge is 2.19. The van der Waals surface area contributed by atoms with E-state index in [1.54, 1.807) is 0 Å². The number of para-hydroxylation sites is 1. The second-order valence-electron chi connectivity index (χ2n) is 6.06.